The summed E-state index contributed by atoms with van der Waals surface area (Å²) in [5, 5.41) is 4.32. The number of hydrogen-bond acceptors (Lipinski definition) is 5. The third-order valence-electron chi connectivity index (χ3n) is 2.85. The molecule has 6 nitrogen and oxygen atoms in total. The standard InChI is InChI=1S/C15H18N4O2/c1-3-21-13(20)9-11(2)14-17-15(16)19(18-14)10-12-7-5-4-6-8-12/h4-9H,3,10H2,1-2H3,(H2,16,17,18)/b11-9+. The maximum atomic E-state index is 11.4. The zero-order valence-corrected chi connectivity index (χ0v) is 12.1. The summed E-state index contributed by atoms with van der Waals surface area (Å²) >= 11 is 0. The van der Waals surface area contributed by atoms with Crippen LogP contribution in [0.15, 0.2) is 36.4 Å². The van der Waals surface area contributed by atoms with E-state index < -0.39 is 5.97 Å². The van der Waals surface area contributed by atoms with Crippen LogP contribution in [0, 0.1) is 0 Å². The second-order valence-corrected chi connectivity index (χ2v) is 4.52. The van der Waals surface area contributed by atoms with Crippen LogP contribution in [-0.4, -0.2) is 27.3 Å². The van der Waals surface area contributed by atoms with Crippen molar-refractivity contribution in [1.82, 2.24) is 14.8 Å². The van der Waals surface area contributed by atoms with Crippen LogP contribution in [0.2, 0.25) is 0 Å². The highest BCUT2D eigenvalue weighted by atomic mass is 16.5. The first-order chi connectivity index (χ1) is 10.1. The van der Waals surface area contributed by atoms with E-state index in [1.807, 2.05) is 30.3 Å². The third kappa shape index (κ3) is 3.92. The summed E-state index contributed by atoms with van der Waals surface area (Å²) in [7, 11) is 0. The van der Waals surface area contributed by atoms with E-state index in [9.17, 15) is 4.79 Å². The summed E-state index contributed by atoms with van der Waals surface area (Å²) in [6, 6.07) is 9.83. The maximum absolute atomic E-state index is 11.4. The molecule has 0 saturated heterocycles. The van der Waals surface area contributed by atoms with E-state index in [1.54, 1.807) is 18.5 Å². The van der Waals surface area contributed by atoms with Crippen LogP contribution in [0.5, 0.6) is 0 Å². The summed E-state index contributed by atoms with van der Waals surface area (Å²) in [5.74, 6) is 0.329. The number of nitrogens with zero attached hydrogens (tertiary/aromatic N) is 3. The first kappa shape index (κ1) is 14.8. The Morgan fingerprint density at radius 3 is 2.76 bits per heavy atom. The Labute approximate surface area is 123 Å². The molecule has 0 unspecified atom stereocenters. The maximum Gasteiger partial charge on any atom is 0.331 e. The van der Waals surface area contributed by atoms with Gasteiger partial charge in [-0.05, 0) is 19.4 Å². The number of rotatable bonds is 5. The first-order valence-electron chi connectivity index (χ1n) is 6.69. The molecular formula is C15H18N4O2. The summed E-state index contributed by atoms with van der Waals surface area (Å²) in [5.41, 5.74) is 7.56. The van der Waals surface area contributed by atoms with E-state index in [2.05, 4.69) is 10.1 Å². The van der Waals surface area contributed by atoms with Crippen LogP contribution in [-0.2, 0) is 16.1 Å². The zero-order valence-electron chi connectivity index (χ0n) is 12.1. The molecule has 1 aromatic heterocycles. The SMILES string of the molecule is CCOC(=O)/C=C(\C)c1nc(N)n(Cc2ccccc2)n1. The molecule has 0 amide bonds. The normalized spacial score (nSPS) is 11.4. The Bertz CT molecular complexity index is 647. The third-order valence-corrected chi connectivity index (χ3v) is 2.85. The number of allylic oxidation sites excluding steroid dienone is 1. The molecule has 0 aliphatic carbocycles. The fraction of sp³-hybridized carbons (Fsp3) is 0.267. The molecule has 2 rings (SSSR count). The molecule has 110 valence electrons. The van der Waals surface area contributed by atoms with E-state index in [-0.39, 0.29) is 0 Å². The van der Waals surface area contributed by atoms with Crippen molar-refractivity contribution in [3.05, 3.63) is 47.8 Å². The molecule has 21 heavy (non-hydrogen) atoms. The molecule has 1 aromatic carbocycles. The highest BCUT2D eigenvalue weighted by Gasteiger charge is 2.10. The van der Waals surface area contributed by atoms with Gasteiger partial charge in [0.25, 0.3) is 0 Å². The number of esters is 1. The van der Waals surface area contributed by atoms with Gasteiger partial charge in [-0.2, -0.15) is 4.98 Å². The van der Waals surface area contributed by atoms with Crippen LogP contribution in [0.25, 0.3) is 5.57 Å². The smallest absolute Gasteiger partial charge is 0.331 e. The van der Waals surface area contributed by atoms with Gasteiger partial charge in [0.15, 0.2) is 5.82 Å². The Hall–Kier alpha value is -2.63. The Morgan fingerprint density at radius 1 is 1.38 bits per heavy atom. The van der Waals surface area contributed by atoms with E-state index in [0.717, 1.165) is 5.56 Å². The van der Waals surface area contributed by atoms with Crippen molar-refractivity contribution in [1.29, 1.82) is 0 Å². The van der Waals surface area contributed by atoms with Gasteiger partial charge in [-0.1, -0.05) is 30.3 Å². The van der Waals surface area contributed by atoms with E-state index in [4.69, 9.17) is 10.5 Å². The van der Waals surface area contributed by atoms with Gasteiger partial charge in [0, 0.05) is 11.6 Å². The predicted octanol–water partition coefficient (Wildman–Crippen LogP) is 1.87. The number of anilines is 1. The summed E-state index contributed by atoms with van der Waals surface area (Å²) in [6.07, 6.45) is 1.37. The van der Waals surface area contributed by atoms with Gasteiger partial charge >= 0.3 is 5.97 Å². The predicted molar refractivity (Wildman–Crippen MR) is 80.3 cm³/mol. The van der Waals surface area contributed by atoms with Crippen molar-refractivity contribution in [2.24, 2.45) is 0 Å². The van der Waals surface area contributed by atoms with E-state index >= 15 is 0 Å². The van der Waals surface area contributed by atoms with Crippen LogP contribution in [0.4, 0.5) is 5.95 Å². The Balaban J connectivity index is 2.17. The lowest BCUT2D eigenvalue weighted by Gasteiger charge is -2.02. The van der Waals surface area contributed by atoms with Crippen molar-refractivity contribution in [3.63, 3.8) is 0 Å². The number of carbonyl (C=O) groups excluding carboxylic acids is 1. The lowest BCUT2D eigenvalue weighted by atomic mass is 10.2. The molecule has 0 bridgehead atoms. The van der Waals surface area contributed by atoms with Crippen LogP contribution in [0.3, 0.4) is 0 Å². The summed E-state index contributed by atoms with van der Waals surface area (Å²) in [4.78, 5) is 15.6. The topological polar surface area (TPSA) is 83.0 Å². The van der Waals surface area contributed by atoms with E-state index in [1.165, 1.54) is 6.08 Å². The lowest BCUT2D eigenvalue weighted by Crippen LogP contribution is -2.06. The number of ether oxygens (including phenoxy) is 1. The number of nitrogen functional groups attached to an aromatic ring is 1. The number of aromatic nitrogens is 3. The van der Waals surface area contributed by atoms with Gasteiger partial charge in [-0.15, -0.1) is 5.10 Å². The van der Waals surface area contributed by atoms with Crippen molar-refractivity contribution >= 4 is 17.5 Å². The number of hydrogen-bond donors (Lipinski definition) is 1. The number of carbonyl (C=O) groups is 1. The highest BCUT2D eigenvalue weighted by Crippen LogP contribution is 2.13. The molecule has 2 aromatic rings. The molecule has 0 spiro atoms. The number of benzene rings is 1. The summed E-state index contributed by atoms with van der Waals surface area (Å²) < 4.78 is 6.46. The molecule has 0 aliphatic rings. The fourth-order valence-corrected chi connectivity index (χ4v) is 1.82. The molecular weight excluding hydrogens is 268 g/mol. The molecule has 0 fully saturated rings. The highest BCUT2D eigenvalue weighted by molar-refractivity contribution is 5.89. The number of nitrogens with two attached hydrogens (primary N) is 1. The minimum absolute atomic E-state index is 0.311. The van der Waals surface area contributed by atoms with Crippen molar-refractivity contribution in [2.75, 3.05) is 12.3 Å². The lowest BCUT2D eigenvalue weighted by molar-refractivity contribution is -0.137. The second kappa shape index (κ2) is 6.69. The summed E-state index contributed by atoms with van der Waals surface area (Å²) in [6.45, 7) is 4.37. The van der Waals surface area contributed by atoms with Gasteiger partial charge in [-0.25, -0.2) is 9.48 Å². The minimum atomic E-state index is -0.409. The van der Waals surface area contributed by atoms with Gasteiger partial charge < -0.3 is 10.5 Å². The molecule has 0 atom stereocenters. The van der Waals surface area contributed by atoms with Gasteiger partial charge in [0.2, 0.25) is 5.95 Å². The van der Waals surface area contributed by atoms with Gasteiger partial charge in [0.05, 0.1) is 13.2 Å². The van der Waals surface area contributed by atoms with E-state index in [0.29, 0.717) is 30.5 Å². The molecule has 0 saturated carbocycles. The van der Waals surface area contributed by atoms with Crippen molar-refractivity contribution in [3.8, 4) is 0 Å². The van der Waals surface area contributed by atoms with Gasteiger partial charge in [-0.3, -0.25) is 0 Å². The molecule has 2 N–H and O–H groups in total. The molecule has 1 heterocycles. The fourth-order valence-electron chi connectivity index (χ4n) is 1.82. The zero-order chi connectivity index (χ0) is 15.2. The molecule has 6 heteroatoms. The average molecular weight is 286 g/mol. The molecule has 0 aliphatic heterocycles. The quantitative estimate of drug-likeness (QED) is 0.670. The largest absolute Gasteiger partial charge is 0.463 e. The first-order valence-corrected chi connectivity index (χ1v) is 6.69. The molecule has 0 radical (unpaired) electrons. The van der Waals surface area contributed by atoms with Crippen LogP contribution < -0.4 is 5.73 Å². The average Bonchev–Trinajstić information content (AvgIpc) is 2.82. The van der Waals surface area contributed by atoms with Crippen LogP contribution in [0.1, 0.15) is 25.2 Å². The van der Waals surface area contributed by atoms with Crippen LogP contribution >= 0.6 is 0 Å². The van der Waals surface area contributed by atoms with Crippen molar-refractivity contribution in [2.45, 2.75) is 20.4 Å². The van der Waals surface area contributed by atoms with Crippen molar-refractivity contribution < 1.29 is 9.53 Å². The Kier molecular flexibility index (Phi) is 4.71. The minimum Gasteiger partial charge on any atom is -0.463 e. The second-order valence-electron chi connectivity index (χ2n) is 4.52. The monoisotopic (exact) mass is 286 g/mol. The Morgan fingerprint density at radius 2 is 2.10 bits per heavy atom. The van der Waals surface area contributed by atoms with Gasteiger partial charge in [0.1, 0.15) is 0 Å².